The van der Waals surface area contributed by atoms with E-state index in [1.165, 1.54) is 5.56 Å². The first kappa shape index (κ1) is 23.9. The van der Waals surface area contributed by atoms with Crippen LogP contribution in [0.1, 0.15) is 37.7 Å². The number of aliphatic imine (C=N–C) groups is 1. The van der Waals surface area contributed by atoms with E-state index < -0.39 is 0 Å². The van der Waals surface area contributed by atoms with E-state index in [1.54, 1.807) is 0 Å². The Morgan fingerprint density at radius 2 is 2.00 bits per heavy atom. The number of para-hydroxylation sites is 1. The summed E-state index contributed by atoms with van der Waals surface area (Å²) in [5.74, 6) is 1.01. The SMILES string of the molecule is CCNC(=NCC1(N(C)C)CCOCC1)NCC1CC(=O)Nc2ccccc21.I. The summed E-state index contributed by atoms with van der Waals surface area (Å²) < 4.78 is 5.56. The molecule has 29 heavy (non-hydrogen) atoms. The Morgan fingerprint density at radius 3 is 2.69 bits per heavy atom. The highest BCUT2D eigenvalue weighted by molar-refractivity contribution is 14.0. The number of likely N-dealkylation sites (N-methyl/N-ethyl adjacent to an activating group) is 1. The van der Waals surface area contributed by atoms with Crippen molar-refractivity contribution in [3.63, 3.8) is 0 Å². The Labute approximate surface area is 191 Å². The minimum atomic E-state index is 0. The fourth-order valence-electron chi connectivity index (χ4n) is 3.97. The molecule has 1 aromatic rings. The fourth-order valence-corrected chi connectivity index (χ4v) is 3.97. The van der Waals surface area contributed by atoms with Gasteiger partial charge >= 0.3 is 0 Å². The number of carbonyl (C=O) groups is 1. The van der Waals surface area contributed by atoms with E-state index >= 15 is 0 Å². The van der Waals surface area contributed by atoms with Gasteiger partial charge in [0.2, 0.25) is 5.91 Å². The van der Waals surface area contributed by atoms with E-state index in [1.807, 2.05) is 18.2 Å². The highest BCUT2D eigenvalue weighted by Crippen LogP contribution is 2.31. The van der Waals surface area contributed by atoms with Crippen molar-refractivity contribution in [3.05, 3.63) is 29.8 Å². The molecule has 0 aliphatic carbocycles. The minimum Gasteiger partial charge on any atom is -0.381 e. The maximum absolute atomic E-state index is 12.1. The topological polar surface area (TPSA) is 78.0 Å². The molecule has 0 saturated carbocycles. The Bertz CT molecular complexity index is 704. The van der Waals surface area contributed by atoms with Gasteiger partial charge < -0.3 is 25.6 Å². The zero-order valence-corrected chi connectivity index (χ0v) is 20.0. The van der Waals surface area contributed by atoms with Crippen molar-refractivity contribution in [2.75, 3.05) is 52.3 Å². The van der Waals surface area contributed by atoms with Crippen molar-refractivity contribution in [3.8, 4) is 0 Å². The van der Waals surface area contributed by atoms with Crippen LogP contribution in [0.15, 0.2) is 29.3 Å². The molecule has 1 saturated heterocycles. The van der Waals surface area contributed by atoms with Gasteiger partial charge in [0.1, 0.15) is 0 Å². The molecular formula is C21H34IN5O2. The lowest BCUT2D eigenvalue weighted by atomic mass is 9.89. The first-order valence-electron chi connectivity index (χ1n) is 10.2. The summed E-state index contributed by atoms with van der Waals surface area (Å²) in [6.45, 7) is 5.83. The van der Waals surface area contributed by atoms with Crippen molar-refractivity contribution >= 4 is 41.5 Å². The summed E-state index contributed by atoms with van der Waals surface area (Å²) in [6, 6.07) is 8.03. The number of nitrogens with one attached hydrogen (secondary N) is 3. The van der Waals surface area contributed by atoms with Crippen LogP contribution < -0.4 is 16.0 Å². The number of amides is 1. The van der Waals surface area contributed by atoms with Crippen LogP contribution in [0.4, 0.5) is 5.69 Å². The molecule has 3 rings (SSSR count). The summed E-state index contributed by atoms with van der Waals surface area (Å²) in [7, 11) is 4.25. The molecule has 7 nitrogen and oxygen atoms in total. The molecule has 1 atom stereocenters. The number of hydrogen-bond donors (Lipinski definition) is 3. The maximum Gasteiger partial charge on any atom is 0.225 e. The summed E-state index contributed by atoms with van der Waals surface area (Å²) in [5, 5.41) is 9.76. The molecule has 0 aromatic heterocycles. The van der Waals surface area contributed by atoms with E-state index in [0.29, 0.717) is 13.0 Å². The third-order valence-corrected chi connectivity index (χ3v) is 5.87. The van der Waals surface area contributed by atoms with Crippen LogP contribution in [-0.2, 0) is 9.53 Å². The minimum absolute atomic E-state index is 0. The summed E-state index contributed by atoms with van der Waals surface area (Å²) >= 11 is 0. The average Bonchev–Trinajstić information content (AvgIpc) is 2.70. The third-order valence-electron chi connectivity index (χ3n) is 5.87. The van der Waals surface area contributed by atoms with Gasteiger partial charge in [-0.05, 0) is 45.5 Å². The van der Waals surface area contributed by atoms with Crippen LogP contribution in [0.2, 0.25) is 0 Å². The molecule has 2 heterocycles. The molecule has 0 radical (unpaired) electrons. The molecule has 2 aliphatic heterocycles. The summed E-state index contributed by atoms with van der Waals surface area (Å²) in [6.07, 6.45) is 2.46. The lowest BCUT2D eigenvalue weighted by molar-refractivity contribution is -0.116. The molecule has 1 unspecified atom stereocenters. The molecule has 162 valence electrons. The maximum atomic E-state index is 12.1. The van der Waals surface area contributed by atoms with Gasteiger partial charge in [-0.3, -0.25) is 9.79 Å². The normalized spacial score (nSPS) is 21.0. The second-order valence-electron chi connectivity index (χ2n) is 7.84. The quantitative estimate of drug-likeness (QED) is 0.308. The molecule has 1 fully saturated rings. The Balaban J connectivity index is 0.00000300. The predicted octanol–water partition coefficient (Wildman–Crippen LogP) is 2.40. The second kappa shape index (κ2) is 11.1. The monoisotopic (exact) mass is 515 g/mol. The van der Waals surface area contributed by atoms with E-state index in [-0.39, 0.29) is 41.3 Å². The number of hydrogen-bond acceptors (Lipinski definition) is 4. The number of rotatable bonds is 6. The average molecular weight is 515 g/mol. The van der Waals surface area contributed by atoms with Gasteiger partial charge in [0.05, 0.1) is 6.54 Å². The molecule has 0 bridgehead atoms. The number of fused-ring (bicyclic) bond motifs is 1. The van der Waals surface area contributed by atoms with Crippen molar-refractivity contribution in [2.24, 2.45) is 4.99 Å². The van der Waals surface area contributed by atoms with E-state index in [2.05, 4.69) is 47.9 Å². The van der Waals surface area contributed by atoms with Crippen LogP contribution in [0.5, 0.6) is 0 Å². The van der Waals surface area contributed by atoms with E-state index in [9.17, 15) is 4.79 Å². The number of ether oxygens (including phenoxy) is 1. The van der Waals surface area contributed by atoms with Gasteiger partial charge in [0.25, 0.3) is 0 Å². The molecule has 0 spiro atoms. The van der Waals surface area contributed by atoms with Crippen LogP contribution in [0.25, 0.3) is 0 Å². The van der Waals surface area contributed by atoms with Gasteiger partial charge in [-0.2, -0.15) is 0 Å². The van der Waals surface area contributed by atoms with Crippen LogP contribution in [0, 0.1) is 0 Å². The first-order chi connectivity index (χ1) is 13.5. The van der Waals surface area contributed by atoms with Crippen molar-refractivity contribution in [2.45, 2.75) is 37.6 Å². The largest absolute Gasteiger partial charge is 0.381 e. The Hall–Kier alpha value is -1.39. The summed E-state index contributed by atoms with van der Waals surface area (Å²) in [5.41, 5.74) is 2.14. The van der Waals surface area contributed by atoms with Gasteiger partial charge in [-0.25, -0.2) is 0 Å². The molecule has 8 heteroatoms. The van der Waals surface area contributed by atoms with E-state index in [0.717, 1.165) is 50.8 Å². The van der Waals surface area contributed by atoms with Gasteiger partial charge in [0.15, 0.2) is 5.96 Å². The van der Waals surface area contributed by atoms with Crippen molar-refractivity contribution in [1.29, 1.82) is 0 Å². The number of nitrogens with zero attached hydrogens (tertiary/aromatic N) is 2. The van der Waals surface area contributed by atoms with Gasteiger partial charge in [0, 0.05) is 49.9 Å². The highest BCUT2D eigenvalue weighted by Gasteiger charge is 2.34. The van der Waals surface area contributed by atoms with Crippen LogP contribution in [-0.4, -0.2) is 69.2 Å². The molecular weight excluding hydrogens is 481 g/mol. The summed E-state index contributed by atoms with van der Waals surface area (Å²) in [4.78, 5) is 19.2. The number of guanidine groups is 1. The standard InChI is InChI=1S/C21H33N5O2.HI/c1-4-22-20(24-15-21(26(2)3)9-11-28-12-10-21)23-14-16-13-19(27)25-18-8-6-5-7-17(16)18;/h5-8,16H,4,9-15H2,1-3H3,(H,25,27)(H2,22,23,24);1H. The van der Waals surface area contributed by atoms with Crippen molar-refractivity contribution in [1.82, 2.24) is 15.5 Å². The Kier molecular flexibility index (Phi) is 9.16. The van der Waals surface area contributed by atoms with Crippen LogP contribution in [0.3, 0.4) is 0 Å². The third kappa shape index (κ3) is 6.05. The van der Waals surface area contributed by atoms with Gasteiger partial charge in [-0.15, -0.1) is 24.0 Å². The number of anilines is 1. The lowest BCUT2D eigenvalue weighted by Gasteiger charge is -2.41. The smallest absolute Gasteiger partial charge is 0.225 e. The zero-order chi connectivity index (χ0) is 20.0. The molecule has 1 amide bonds. The molecule has 2 aliphatic rings. The van der Waals surface area contributed by atoms with Crippen LogP contribution >= 0.6 is 24.0 Å². The van der Waals surface area contributed by atoms with Gasteiger partial charge in [-0.1, -0.05) is 18.2 Å². The first-order valence-corrected chi connectivity index (χ1v) is 10.2. The Morgan fingerprint density at radius 1 is 1.28 bits per heavy atom. The zero-order valence-electron chi connectivity index (χ0n) is 17.7. The lowest BCUT2D eigenvalue weighted by Crippen LogP contribution is -2.52. The number of carbonyl (C=O) groups excluding carboxylic acids is 1. The number of benzene rings is 1. The molecule has 3 N–H and O–H groups in total. The fraction of sp³-hybridized carbons (Fsp3) is 0.619. The van der Waals surface area contributed by atoms with Crippen molar-refractivity contribution < 1.29 is 9.53 Å². The highest BCUT2D eigenvalue weighted by atomic mass is 127. The number of halogens is 1. The second-order valence-corrected chi connectivity index (χ2v) is 7.84. The predicted molar refractivity (Wildman–Crippen MR) is 128 cm³/mol. The van der Waals surface area contributed by atoms with E-state index in [4.69, 9.17) is 9.73 Å². The molecule has 1 aromatic carbocycles.